The average Bonchev–Trinajstić information content (AvgIpc) is 3.07. The summed E-state index contributed by atoms with van der Waals surface area (Å²) >= 11 is 0. The van der Waals surface area contributed by atoms with Gasteiger partial charge in [0.25, 0.3) is 0 Å². The molecule has 4 aromatic rings. The second kappa shape index (κ2) is 6.53. The maximum atomic E-state index is 6.51. The third-order valence-corrected chi connectivity index (χ3v) is 5.94. The van der Waals surface area contributed by atoms with Crippen LogP contribution in [-0.4, -0.2) is 19.5 Å². The van der Waals surface area contributed by atoms with E-state index in [-0.39, 0.29) is 5.54 Å². The molecule has 140 valence electrons. The number of rotatable bonds is 4. The van der Waals surface area contributed by atoms with Crippen LogP contribution in [0.4, 0.5) is 0 Å². The van der Waals surface area contributed by atoms with Crippen molar-refractivity contribution in [3.05, 3.63) is 72.3 Å². The lowest BCUT2D eigenvalue weighted by molar-refractivity contribution is 0.253. The van der Waals surface area contributed by atoms with Crippen LogP contribution in [-0.2, 0) is 12.0 Å². The molecule has 1 saturated carbocycles. The van der Waals surface area contributed by atoms with Gasteiger partial charge in [-0.1, -0.05) is 25.1 Å². The summed E-state index contributed by atoms with van der Waals surface area (Å²) < 4.78 is 2.20. The van der Waals surface area contributed by atoms with Gasteiger partial charge in [0.05, 0.1) is 11.4 Å². The van der Waals surface area contributed by atoms with Gasteiger partial charge in [-0.25, -0.2) is 9.97 Å². The molecular weight excluding hydrogens is 346 g/mol. The first kappa shape index (κ1) is 17.1. The predicted octanol–water partition coefficient (Wildman–Crippen LogP) is 4.38. The first-order valence-electron chi connectivity index (χ1n) is 9.86. The van der Waals surface area contributed by atoms with Crippen molar-refractivity contribution in [3.8, 4) is 17.1 Å². The summed E-state index contributed by atoms with van der Waals surface area (Å²) in [7, 11) is 0. The van der Waals surface area contributed by atoms with Crippen LogP contribution in [0, 0.1) is 0 Å². The van der Waals surface area contributed by atoms with Crippen molar-refractivity contribution in [2.24, 2.45) is 5.73 Å². The summed E-state index contributed by atoms with van der Waals surface area (Å²) in [6.07, 6.45) is 9.56. The molecule has 0 saturated heterocycles. The van der Waals surface area contributed by atoms with Crippen LogP contribution in [0.1, 0.15) is 37.3 Å². The van der Waals surface area contributed by atoms with Crippen molar-refractivity contribution >= 4 is 11.0 Å². The van der Waals surface area contributed by atoms with E-state index < -0.39 is 0 Å². The molecule has 0 amide bonds. The highest BCUT2D eigenvalue weighted by Gasteiger charge is 2.34. The van der Waals surface area contributed by atoms with Gasteiger partial charge >= 0.3 is 0 Å². The summed E-state index contributed by atoms with van der Waals surface area (Å²) in [5.41, 5.74) is 12.8. The van der Waals surface area contributed by atoms with Gasteiger partial charge in [0.15, 0.2) is 0 Å². The highest BCUT2D eigenvalue weighted by Crippen LogP contribution is 2.40. The lowest BCUT2D eigenvalue weighted by Gasteiger charge is -2.38. The zero-order chi connectivity index (χ0) is 19.1. The van der Waals surface area contributed by atoms with E-state index >= 15 is 0 Å². The molecule has 0 unspecified atom stereocenters. The fourth-order valence-electron chi connectivity index (χ4n) is 4.25. The van der Waals surface area contributed by atoms with Gasteiger partial charge in [-0.2, -0.15) is 0 Å². The van der Waals surface area contributed by atoms with Crippen LogP contribution >= 0.6 is 0 Å². The molecule has 1 aliphatic carbocycles. The van der Waals surface area contributed by atoms with Crippen LogP contribution in [0.2, 0.25) is 0 Å². The Morgan fingerprint density at radius 2 is 1.89 bits per heavy atom. The maximum absolute atomic E-state index is 6.51. The van der Waals surface area contributed by atoms with Crippen molar-refractivity contribution in [3.63, 3.8) is 0 Å². The maximum Gasteiger partial charge on any atom is 0.148 e. The molecule has 28 heavy (non-hydrogen) atoms. The Bertz CT molecular complexity index is 1130. The molecule has 5 nitrogen and oxygen atoms in total. The SMILES string of the molecule is CCc1c(-c2ccccn2)n(-c2ccc(C3(N)CCC3)cc2)c2ncncc12. The van der Waals surface area contributed by atoms with Crippen LogP contribution < -0.4 is 5.73 Å². The second-order valence-electron chi connectivity index (χ2n) is 7.55. The monoisotopic (exact) mass is 369 g/mol. The number of aryl methyl sites for hydroxylation is 1. The molecular formula is C23H23N5. The molecule has 5 heteroatoms. The van der Waals surface area contributed by atoms with E-state index in [0.717, 1.165) is 47.4 Å². The summed E-state index contributed by atoms with van der Waals surface area (Å²) in [5.74, 6) is 0. The summed E-state index contributed by atoms with van der Waals surface area (Å²) in [6.45, 7) is 2.16. The molecule has 0 atom stereocenters. The van der Waals surface area contributed by atoms with Crippen LogP contribution in [0.15, 0.2) is 61.2 Å². The molecule has 3 aromatic heterocycles. The highest BCUT2D eigenvalue weighted by atomic mass is 15.1. The van der Waals surface area contributed by atoms with E-state index in [4.69, 9.17) is 5.73 Å². The van der Waals surface area contributed by atoms with Crippen molar-refractivity contribution in [1.82, 2.24) is 19.5 Å². The fourth-order valence-corrected chi connectivity index (χ4v) is 4.25. The van der Waals surface area contributed by atoms with Crippen LogP contribution in [0.5, 0.6) is 0 Å². The number of nitrogens with zero attached hydrogens (tertiary/aromatic N) is 4. The molecule has 0 radical (unpaired) electrons. The normalized spacial score (nSPS) is 15.5. The molecule has 0 aliphatic heterocycles. The Morgan fingerprint density at radius 1 is 1.07 bits per heavy atom. The molecule has 1 aromatic carbocycles. The lowest BCUT2D eigenvalue weighted by Crippen LogP contribution is -2.43. The Kier molecular flexibility index (Phi) is 3.98. The van der Waals surface area contributed by atoms with Gasteiger partial charge in [-0.15, -0.1) is 0 Å². The van der Waals surface area contributed by atoms with Gasteiger partial charge in [0.1, 0.15) is 12.0 Å². The minimum atomic E-state index is -0.155. The quantitative estimate of drug-likeness (QED) is 0.579. The second-order valence-corrected chi connectivity index (χ2v) is 7.55. The van der Waals surface area contributed by atoms with Crippen molar-refractivity contribution in [1.29, 1.82) is 0 Å². The van der Waals surface area contributed by atoms with Gasteiger partial charge in [0.2, 0.25) is 0 Å². The van der Waals surface area contributed by atoms with Crippen LogP contribution in [0.3, 0.4) is 0 Å². The van der Waals surface area contributed by atoms with E-state index in [1.54, 1.807) is 6.33 Å². The zero-order valence-electron chi connectivity index (χ0n) is 16.0. The molecule has 0 bridgehead atoms. The minimum absolute atomic E-state index is 0.155. The fraction of sp³-hybridized carbons (Fsp3) is 0.261. The minimum Gasteiger partial charge on any atom is -0.321 e. The third-order valence-electron chi connectivity index (χ3n) is 5.94. The van der Waals surface area contributed by atoms with Crippen LogP contribution in [0.25, 0.3) is 28.1 Å². The highest BCUT2D eigenvalue weighted by molar-refractivity contribution is 5.90. The number of nitrogens with two attached hydrogens (primary N) is 1. The van der Waals surface area contributed by atoms with Gasteiger partial charge < -0.3 is 5.73 Å². The van der Waals surface area contributed by atoms with Crippen molar-refractivity contribution < 1.29 is 0 Å². The molecule has 0 spiro atoms. The smallest absolute Gasteiger partial charge is 0.148 e. The third kappa shape index (κ3) is 2.54. The molecule has 3 heterocycles. The van der Waals surface area contributed by atoms with Gasteiger partial charge in [-0.05, 0) is 61.1 Å². The Balaban J connectivity index is 1.74. The van der Waals surface area contributed by atoms with E-state index in [9.17, 15) is 0 Å². The van der Waals surface area contributed by atoms with E-state index in [0.29, 0.717) is 0 Å². The number of aromatic nitrogens is 4. The first-order chi connectivity index (χ1) is 13.7. The number of hydrogen-bond acceptors (Lipinski definition) is 4. The first-order valence-corrected chi connectivity index (χ1v) is 9.86. The summed E-state index contributed by atoms with van der Waals surface area (Å²) in [6, 6.07) is 14.6. The summed E-state index contributed by atoms with van der Waals surface area (Å²) in [4.78, 5) is 13.5. The van der Waals surface area contributed by atoms with Crippen molar-refractivity contribution in [2.75, 3.05) is 0 Å². The number of benzene rings is 1. The van der Waals surface area contributed by atoms with E-state index in [1.165, 1.54) is 17.5 Å². The summed E-state index contributed by atoms with van der Waals surface area (Å²) in [5, 5.41) is 1.07. The number of fused-ring (bicyclic) bond motifs is 1. The van der Waals surface area contributed by atoms with Gasteiger partial charge in [0, 0.05) is 29.0 Å². The van der Waals surface area contributed by atoms with Gasteiger partial charge in [-0.3, -0.25) is 9.55 Å². The molecule has 5 rings (SSSR count). The average molecular weight is 369 g/mol. The largest absolute Gasteiger partial charge is 0.321 e. The molecule has 2 N–H and O–H groups in total. The standard InChI is InChI=1S/C23H23N5/c1-2-18-19-14-25-15-27-22(19)28(21(18)20-6-3-4-13-26-20)17-9-7-16(8-10-17)23(24)11-5-12-23/h3-4,6-10,13-15H,2,5,11-12,24H2,1H3. The topological polar surface area (TPSA) is 69.6 Å². The molecule has 1 aliphatic rings. The Labute approximate surface area is 164 Å². The lowest BCUT2D eigenvalue weighted by atomic mass is 9.73. The van der Waals surface area contributed by atoms with E-state index in [2.05, 4.69) is 56.8 Å². The Hall–Kier alpha value is -3.05. The van der Waals surface area contributed by atoms with E-state index in [1.807, 2.05) is 24.5 Å². The molecule has 1 fully saturated rings. The van der Waals surface area contributed by atoms with Crippen molar-refractivity contribution in [2.45, 2.75) is 38.1 Å². The Morgan fingerprint density at radius 3 is 2.54 bits per heavy atom. The zero-order valence-corrected chi connectivity index (χ0v) is 16.0. The number of hydrogen-bond donors (Lipinski definition) is 1. The number of pyridine rings is 1. The predicted molar refractivity (Wildman–Crippen MR) is 111 cm³/mol.